The van der Waals surface area contributed by atoms with Gasteiger partial charge in [0.25, 0.3) is 0 Å². The number of nitrogens with zero attached hydrogens (tertiary/aromatic N) is 3. The monoisotopic (exact) mass is 292 g/mol. The molecule has 0 unspecified atom stereocenters. The van der Waals surface area contributed by atoms with E-state index in [9.17, 15) is 9.59 Å². The quantitative estimate of drug-likeness (QED) is 0.814. The van der Waals surface area contributed by atoms with Crippen LogP contribution in [0.2, 0.25) is 0 Å². The lowest BCUT2D eigenvalue weighted by Crippen LogP contribution is -2.46. The van der Waals surface area contributed by atoms with Gasteiger partial charge in [0.15, 0.2) is 0 Å². The van der Waals surface area contributed by atoms with Crippen LogP contribution >= 0.6 is 0 Å². The van der Waals surface area contributed by atoms with E-state index in [1.165, 1.54) is 0 Å². The van der Waals surface area contributed by atoms with Crippen molar-refractivity contribution in [3.63, 3.8) is 0 Å². The van der Waals surface area contributed by atoms with Crippen molar-refractivity contribution < 1.29 is 9.59 Å². The number of amides is 2. The topological polar surface area (TPSA) is 76.4 Å². The molecule has 116 valence electrons. The van der Waals surface area contributed by atoms with E-state index in [4.69, 9.17) is 5.26 Å². The Bertz CT molecular complexity index is 457. The van der Waals surface area contributed by atoms with Gasteiger partial charge in [-0.15, -0.1) is 0 Å². The summed E-state index contributed by atoms with van der Waals surface area (Å²) in [5.41, 5.74) is 0. The molecule has 6 nitrogen and oxygen atoms in total. The average Bonchev–Trinajstić information content (AvgIpc) is 3.11. The minimum absolute atomic E-state index is 0.0217. The van der Waals surface area contributed by atoms with Crippen LogP contribution in [0.25, 0.3) is 0 Å². The van der Waals surface area contributed by atoms with Gasteiger partial charge >= 0.3 is 0 Å². The van der Waals surface area contributed by atoms with E-state index in [2.05, 4.69) is 11.4 Å². The van der Waals surface area contributed by atoms with Crippen LogP contribution in [0.3, 0.4) is 0 Å². The van der Waals surface area contributed by atoms with Crippen molar-refractivity contribution in [2.24, 2.45) is 5.92 Å². The lowest BCUT2D eigenvalue weighted by Gasteiger charge is -2.23. The van der Waals surface area contributed by atoms with Crippen LogP contribution in [-0.4, -0.2) is 60.4 Å². The summed E-state index contributed by atoms with van der Waals surface area (Å²) in [6.45, 7) is 2.67. The van der Waals surface area contributed by atoms with Gasteiger partial charge in [-0.1, -0.05) is 6.92 Å². The summed E-state index contributed by atoms with van der Waals surface area (Å²) >= 11 is 0. The van der Waals surface area contributed by atoms with Crippen LogP contribution in [0.4, 0.5) is 0 Å². The van der Waals surface area contributed by atoms with Gasteiger partial charge in [0.1, 0.15) is 6.04 Å². The Morgan fingerprint density at radius 2 is 2.14 bits per heavy atom. The minimum Gasteiger partial charge on any atom is -0.349 e. The summed E-state index contributed by atoms with van der Waals surface area (Å²) in [4.78, 5) is 28.1. The summed E-state index contributed by atoms with van der Waals surface area (Å²) in [6, 6.07) is 1.60. The molecule has 0 radical (unpaired) electrons. The molecule has 2 aliphatic rings. The van der Waals surface area contributed by atoms with E-state index in [0.717, 1.165) is 19.3 Å². The van der Waals surface area contributed by atoms with Crippen molar-refractivity contribution >= 4 is 11.8 Å². The second-order valence-corrected chi connectivity index (χ2v) is 6.13. The fraction of sp³-hybridized carbons (Fsp3) is 0.800. The molecular weight excluding hydrogens is 268 g/mol. The zero-order valence-electron chi connectivity index (χ0n) is 13.0. The van der Waals surface area contributed by atoms with Crippen LogP contribution < -0.4 is 5.32 Å². The van der Waals surface area contributed by atoms with Gasteiger partial charge in [-0.2, -0.15) is 5.26 Å². The normalized spacial score (nSPS) is 32.0. The lowest BCUT2D eigenvalue weighted by atomic mass is 9.95. The Morgan fingerprint density at radius 3 is 2.71 bits per heavy atom. The van der Waals surface area contributed by atoms with Gasteiger partial charge in [0.05, 0.1) is 18.0 Å². The highest BCUT2D eigenvalue weighted by atomic mass is 16.2. The van der Waals surface area contributed by atoms with Crippen molar-refractivity contribution in [2.45, 2.75) is 50.7 Å². The van der Waals surface area contributed by atoms with Gasteiger partial charge in [0.2, 0.25) is 11.8 Å². The molecule has 0 bridgehead atoms. The first-order chi connectivity index (χ1) is 9.99. The second-order valence-electron chi connectivity index (χ2n) is 6.13. The van der Waals surface area contributed by atoms with Gasteiger partial charge in [-0.3, -0.25) is 9.59 Å². The Labute approximate surface area is 126 Å². The standard InChI is InChI=1S/C15H24N4O2/c1-4-12-11(14(20)18(2)3)8-13(17-12)15(21)19-7-5-6-10(19)9-16/h10-13,17H,4-8H2,1-3H3/t10-,11-,12-,13-/m0/s1. The zero-order valence-corrected chi connectivity index (χ0v) is 13.0. The number of carbonyl (C=O) groups excluding carboxylic acids is 2. The van der Waals surface area contributed by atoms with Crippen LogP contribution in [-0.2, 0) is 9.59 Å². The summed E-state index contributed by atoms with van der Waals surface area (Å²) < 4.78 is 0. The van der Waals surface area contributed by atoms with Crippen molar-refractivity contribution in [1.29, 1.82) is 5.26 Å². The molecule has 2 rings (SSSR count). The van der Waals surface area contributed by atoms with Crippen LogP contribution in [0.15, 0.2) is 0 Å². The molecule has 6 heteroatoms. The Kier molecular flexibility index (Phi) is 4.84. The largest absolute Gasteiger partial charge is 0.349 e. The second kappa shape index (κ2) is 6.44. The number of carbonyl (C=O) groups is 2. The Balaban J connectivity index is 2.07. The molecule has 2 heterocycles. The summed E-state index contributed by atoms with van der Waals surface area (Å²) in [6.07, 6.45) is 2.99. The molecule has 2 saturated heterocycles. The number of nitrogens with one attached hydrogen (secondary N) is 1. The molecule has 2 aliphatic heterocycles. The van der Waals surface area contributed by atoms with Crippen LogP contribution in [0.1, 0.15) is 32.6 Å². The van der Waals surface area contributed by atoms with Gasteiger partial charge in [0, 0.05) is 26.7 Å². The maximum absolute atomic E-state index is 12.6. The first kappa shape index (κ1) is 15.8. The molecule has 1 N–H and O–H groups in total. The van der Waals surface area contributed by atoms with E-state index < -0.39 is 0 Å². The Morgan fingerprint density at radius 1 is 1.43 bits per heavy atom. The highest BCUT2D eigenvalue weighted by molar-refractivity contribution is 5.86. The fourth-order valence-electron chi connectivity index (χ4n) is 3.40. The lowest BCUT2D eigenvalue weighted by molar-refractivity contribution is -0.134. The van der Waals surface area contributed by atoms with E-state index in [0.29, 0.717) is 13.0 Å². The predicted octanol–water partition coefficient (Wildman–Crippen LogP) is 0.346. The number of hydrogen-bond donors (Lipinski definition) is 1. The highest BCUT2D eigenvalue weighted by Crippen LogP contribution is 2.27. The maximum Gasteiger partial charge on any atom is 0.240 e. The molecule has 0 aromatic heterocycles. The molecule has 0 aromatic rings. The first-order valence-electron chi connectivity index (χ1n) is 7.66. The van der Waals surface area contributed by atoms with Gasteiger partial charge in [-0.05, 0) is 25.7 Å². The third-order valence-electron chi connectivity index (χ3n) is 4.57. The summed E-state index contributed by atoms with van der Waals surface area (Å²) in [5.74, 6) is -0.100. The zero-order chi connectivity index (χ0) is 15.6. The number of hydrogen-bond acceptors (Lipinski definition) is 4. The van der Waals surface area contributed by atoms with Crippen LogP contribution in [0, 0.1) is 17.2 Å². The average molecular weight is 292 g/mol. The minimum atomic E-state index is -0.335. The smallest absolute Gasteiger partial charge is 0.240 e. The van der Waals surface area contributed by atoms with Gasteiger partial charge in [-0.25, -0.2) is 0 Å². The van der Waals surface area contributed by atoms with E-state index in [-0.39, 0.29) is 35.9 Å². The molecule has 2 amide bonds. The number of nitriles is 1. The molecule has 0 saturated carbocycles. The van der Waals surface area contributed by atoms with Gasteiger partial charge < -0.3 is 15.1 Å². The molecule has 2 fully saturated rings. The van der Waals surface area contributed by atoms with Crippen molar-refractivity contribution in [1.82, 2.24) is 15.1 Å². The summed E-state index contributed by atoms with van der Waals surface area (Å²) in [5, 5.41) is 12.4. The van der Waals surface area contributed by atoms with Crippen molar-refractivity contribution in [3.05, 3.63) is 0 Å². The highest BCUT2D eigenvalue weighted by Gasteiger charge is 2.43. The van der Waals surface area contributed by atoms with E-state index in [1.54, 1.807) is 23.9 Å². The van der Waals surface area contributed by atoms with Crippen LogP contribution in [0.5, 0.6) is 0 Å². The van der Waals surface area contributed by atoms with Crippen molar-refractivity contribution in [2.75, 3.05) is 20.6 Å². The third kappa shape index (κ3) is 3.03. The molecule has 0 spiro atoms. The maximum atomic E-state index is 12.6. The molecular formula is C15H24N4O2. The predicted molar refractivity (Wildman–Crippen MR) is 78.2 cm³/mol. The Hall–Kier alpha value is -1.61. The molecule has 0 aliphatic carbocycles. The SMILES string of the molecule is CC[C@@H]1N[C@H](C(=O)N2CCC[C@H]2C#N)C[C@@H]1C(=O)N(C)C. The van der Waals surface area contributed by atoms with Crippen molar-refractivity contribution in [3.8, 4) is 6.07 Å². The van der Waals surface area contributed by atoms with E-state index in [1.807, 2.05) is 6.92 Å². The molecule has 4 atom stereocenters. The molecule has 0 aromatic carbocycles. The fourth-order valence-corrected chi connectivity index (χ4v) is 3.40. The number of likely N-dealkylation sites (tertiary alicyclic amines) is 1. The molecule has 21 heavy (non-hydrogen) atoms. The number of rotatable bonds is 3. The third-order valence-corrected chi connectivity index (χ3v) is 4.57. The van der Waals surface area contributed by atoms with E-state index >= 15 is 0 Å². The summed E-state index contributed by atoms with van der Waals surface area (Å²) in [7, 11) is 3.49. The first-order valence-corrected chi connectivity index (χ1v) is 7.66.